The largest absolute Gasteiger partial charge is 0.294 e. The highest BCUT2D eigenvalue weighted by Crippen LogP contribution is 2.25. The molecule has 4 nitrogen and oxygen atoms in total. The number of pyridine rings is 2. The van der Waals surface area contributed by atoms with Crippen molar-refractivity contribution in [1.82, 2.24) is 14.5 Å². The molecule has 0 saturated carbocycles. The Morgan fingerprint density at radius 3 is 2.43 bits per heavy atom. The minimum atomic E-state index is 0.0702. The van der Waals surface area contributed by atoms with Crippen molar-refractivity contribution in [3.05, 3.63) is 111 Å². The number of nitrogens with zero attached hydrogens (tertiary/aromatic N) is 3. The minimum Gasteiger partial charge on any atom is -0.294 e. The van der Waals surface area contributed by atoms with Gasteiger partial charge in [-0.2, -0.15) is 0 Å². The lowest BCUT2D eigenvalue weighted by atomic mass is 9.97. The first-order chi connectivity index (χ1) is 14.7. The van der Waals surface area contributed by atoms with E-state index in [0.29, 0.717) is 13.1 Å². The van der Waals surface area contributed by atoms with Gasteiger partial charge in [0.25, 0.3) is 5.56 Å². The Morgan fingerprint density at radius 1 is 0.867 bits per heavy atom. The van der Waals surface area contributed by atoms with Crippen LogP contribution >= 0.6 is 11.6 Å². The Labute approximate surface area is 180 Å². The molecule has 5 heteroatoms. The second-order valence-electron chi connectivity index (χ2n) is 7.80. The molecule has 0 N–H and O–H groups in total. The summed E-state index contributed by atoms with van der Waals surface area (Å²) >= 11 is 6.02. The Hall–Kier alpha value is -2.95. The monoisotopic (exact) mass is 415 g/mol. The molecule has 3 heterocycles. The number of fused-ring (bicyclic) bond motifs is 3. The molecule has 0 aliphatic carbocycles. The summed E-state index contributed by atoms with van der Waals surface area (Å²) in [6.45, 7) is 2.90. The molecule has 0 saturated heterocycles. The number of halogens is 1. The molecule has 0 radical (unpaired) electrons. The quantitative estimate of drug-likeness (QED) is 0.486. The van der Waals surface area contributed by atoms with Crippen molar-refractivity contribution >= 4 is 22.6 Å². The molecule has 4 aromatic rings. The summed E-state index contributed by atoms with van der Waals surface area (Å²) in [5.74, 6) is 0. The molecule has 0 atom stereocenters. The van der Waals surface area contributed by atoms with Gasteiger partial charge in [0.15, 0.2) is 0 Å². The van der Waals surface area contributed by atoms with Crippen molar-refractivity contribution in [2.24, 2.45) is 0 Å². The van der Waals surface area contributed by atoms with Gasteiger partial charge >= 0.3 is 0 Å². The SMILES string of the molecule is O=c1c2c(c3cccnc3n1Cc1ccccc1)CCN(Cc1ccc(Cl)cc1)C2. The summed E-state index contributed by atoms with van der Waals surface area (Å²) in [6.07, 6.45) is 2.62. The van der Waals surface area contributed by atoms with E-state index in [2.05, 4.69) is 28.1 Å². The van der Waals surface area contributed by atoms with Crippen LogP contribution in [0.4, 0.5) is 0 Å². The fourth-order valence-electron chi connectivity index (χ4n) is 4.32. The first-order valence-corrected chi connectivity index (χ1v) is 10.6. The van der Waals surface area contributed by atoms with Gasteiger partial charge < -0.3 is 0 Å². The van der Waals surface area contributed by atoms with Crippen molar-refractivity contribution in [2.45, 2.75) is 26.1 Å². The molecule has 5 rings (SSSR count). The van der Waals surface area contributed by atoms with Crippen LogP contribution < -0.4 is 5.56 Å². The molecule has 2 aromatic heterocycles. The van der Waals surface area contributed by atoms with E-state index in [9.17, 15) is 4.79 Å². The van der Waals surface area contributed by atoms with Crippen LogP contribution in [0.25, 0.3) is 11.0 Å². The second kappa shape index (κ2) is 8.05. The zero-order valence-corrected chi connectivity index (χ0v) is 17.3. The van der Waals surface area contributed by atoms with E-state index in [-0.39, 0.29) is 5.56 Å². The molecule has 1 aliphatic heterocycles. The molecule has 0 unspecified atom stereocenters. The molecule has 0 bridgehead atoms. The summed E-state index contributed by atoms with van der Waals surface area (Å²) in [5, 5.41) is 1.83. The summed E-state index contributed by atoms with van der Waals surface area (Å²) in [4.78, 5) is 20.5. The van der Waals surface area contributed by atoms with E-state index in [0.717, 1.165) is 52.3 Å². The third kappa shape index (κ3) is 3.64. The fourth-order valence-corrected chi connectivity index (χ4v) is 4.44. The van der Waals surface area contributed by atoms with E-state index < -0.39 is 0 Å². The maximum absolute atomic E-state index is 13.6. The van der Waals surface area contributed by atoms with Gasteiger partial charge in [-0.15, -0.1) is 0 Å². The zero-order chi connectivity index (χ0) is 20.5. The molecule has 0 fully saturated rings. The van der Waals surface area contributed by atoms with E-state index in [1.165, 1.54) is 5.56 Å². The van der Waals surface area contributed by atoms with Gasteiger partial charge in [-0.1, -0.05) is 54.1 Å². The van der Waals surface area contributed by atoms with Gasteiger partial charge in [-0.25, -0.2) is 4.98 Å². The maximum atomic E-state index is 13.6. The fraction of sp³-hybridized carbons (Fsp3) is 0.200. The van der Waals surface area contributed by atoms with Gasteiger partial charge in [0.1, 0.15) is 5.65 Å². The minimum absolute atomic E-state index is 0.0702. The van der Waals surface area contributed by atoms with Gasteiger partial charge in [-0.3, -0.25) is 14.3 Å². The number of aromatic nitrogens is 2. The molecular formula is C25H22ClN3O. The maximum Gasteiger partial charge on any atom is 0.257 e. The number of benzene rings is 2. The van der Waals surface area contributed by atoms with Crippen LogP contribution in [0, 0.1) is 0 Å². The predicted octanol–water partition coefficient (Wildman–Crippen LogP) is 4.66. The Morgan fingerprint density at radius 2 is 1.63 bits per heavy atom. The normalized spacial score (nSPS) is 14.0. The number of rotatable bonds is 4. The molecular weight excluding hydrogens is 394 g/mol. The van der Waals surface area contributed by atoms with Crippen LogP contribution in [-0.4, -0.2) is 21.0 Å². The lowest BCUT2D eigenvalue weighted by Gasteiger charge is -2.30. The number of hydrogen-bond acceptors (Lipinski definition) is 3. The summed E-state index contributed by atoms with van der Waals surface area (Å²) in [6, 6.07) is 22.1. The van der Waals surface area contributed by atoms with E-state index in [1.807, 2.05) is 53.1 Å². The van der Waals surface area contributed by atoms with Crippen LogP contribution in [0.2, 0.25) is 5.02 Å². The standard InChI is InChI=1S/C25H22ClN3O/c26-20-10-8-19(9-11-20)15-28-14-12-21-22-7-4-13-27-24(22)29(25(30)23(21)17-28)16-18-5-2-1-3-6-18/h1-11,13H,12,14-17H2. The zero-order valence-electron chi connectivity index (χ0n) is 16.6. The van der Waals surface area contributed by atoms with Crippen molar-refractivity contribution in [2.75, 3.05) is 6.54 Å². The molecule has 0 amide bonds. The molecule has 150 valence electrons. The van der Waals surface area contributed by atoms with Gasteiger partial charge in [-0.05, 0) is 47.4 Å². The van der Waals surface area contributed by atoms with E-state index in [4.69, 9.17) is 11.6 Å². The molecule has 0 spiro atoms. The molecule has 30 heavy (non-hydrogen) atoms. The average molecular weight is 416 g/mol. The Kier molecular flexibility index (Phi) is 5.11. The molecule has 2 aromatic carbocycles. The number of hydrogen-bond donors (Lipinski definition) is 0. The lowest BCUT2D eigenvalue weighted by Crippen LogP contribution is -2.37. The Balaban J connectivity index is 1.54. The first-order valence-electron chi connectivity index (χ1n) is 10.2. The van der Waals surface area contributed by atoms with Crippen LogP contribution in [0.3, 0.4) is 0 Å². The smallest absolute Gasteiger partial charge is 0.257 e. The van der Waals surface area contributed by atoms with Crippen LogP contribution in [-0.2, 0) is 26.1 Å². The highest BCUT2D eigenvalue weighted by molar-refractivity contribution is 6.30. The van der Waals surface area contributed by atoms with Gasteiger partial charge in [0, 0.05) is 41.8 Å². The third-order valence-electron chi connectivity index (χ3n) is 5.80. The lowest BCUT2D eigenvalue weighted by molar-refractivity contribution is 0.244. The average Bonchev–Trinajstić information content (AvgIpc) is 2.79. The van der Waals surface area contributed by atoms with Crippen LogP contribution in [0.1, 0.15) is 22.3 Å². The Bertz CT molecular complexity index is 1250. The van der Waals surface area contributed by atoms with Crippen LogP contribution in [0.5, 0.6) is 0 Å². The summed E-state index contributed by atoms with van der Waals surface area (Å²) in [5.41, 5.74) is 5.19. The third-order valence-corrected chi connectivity index (χ3v) is 6.05. The van der Waals surface area contributed by atoms with Crippen molar-refractivity contribution in [3.8, 4) is 0 Å². The van der Waals surface area contributed by atoms with Crippen molar-refractivity contribution in [3.63, 3.8) is 0 Å². The highest BCUT2D eigenvalue weighted by Gasteiger charge is 2.24. The van der Waals surface area contributed by atoms with E-state index >= 15 is 0 Å². The van der Waals surface area contributed by atoms with Gasteiger partial charge in [0.2, 0.25) is 0 Å². The molecule has 1 aliphatic rings. The predicted molar refractivity (Wildman–Crippen MR) is 121 cm³/mol. The first kappa shape index (κ1) is 19.0. The van der Waals surface area contributed by atoms with Gasteiger partial charge in [0.05, 0.1) is 6.54 Å². The van der Waals surface area contributed by atoms with Crippen molar-refractivity contribution < 1.29 is 0 Å². The highest BCUT2D eigenvalue weighted by atomic mass is 35.5. The summed E-state index contributed by atoms with van der Waals surface area (Å²) < 4.78 is 1.83. The summed E-state index contributed by atoms with van der Waals surface area (Å²) in [7, 11) is 0. The van der Waals surface area contributed by atoms with E-state index in [1.54, 1.807) is 6.20 Å². The van der Waals surface area contributed by atoms with Crippen LogP contribution in [0.15, 0.2) is 77.7 Å². The topological polar surface area (TPSA) is 38.1 Å². The second-order valence-corrected chi connectivity index (χ2v) is 8.23. The van der Waals surface area contributed by atoms with Crippen molar-refractivity contribution in [1.29, 1.82) is 0 Å².